The molecule has 0 spiro atoms. The quantitative estimate of drug-likeness (QED) is 0.720. The van der Waals surface area contributed by atoms with Crippen LogP contribution in [0.3, 0.4) is 0 Å². The first kappa shape index (κ1) is 13.7. The van der Waals surface area contributed by atoms with E-state index in [1.165, 1.54) is 19.3 Å². The van der Waals surface area contributed by atoms with Crippen molar-refractivity contribution in [3.05, 3.63) is 33.8 Å². The van der Waals surface area contributed by atoms with Gasteiger partial charge in [-0.2, -0.15) is 0 Å². The molecule has 0 aliphatic carbocycles. The lowest BCUT2D eigenvalue weighted by Gasteiger charge is -2.34. The van der Waals surface area contributed by atoms with E-state index in [-0.39, 0.29) is 0 Å². The van der Waals surface area contributed by atoms with Crippen molar-refractivity contribution < 1.29 is 0 Å². The number of alkyl halides is 1. The summed E-state index contributed by atoms with van der Waals surface area (Å²) >= 11 is 15.8. The summed E-state index contributed by atoms with van der Waals surface area (Å²) in [5.74, 6) is 0. The van der Waals surface area contributed by atoms with Crippen LogP contribution in [0.1, 0.15) is 24.8 Å². The lowest BCUT2D eigenvalue weighted by atomic mass is 10.0. The Balaban J connectivity index is 2.10. The van der Waals surface area contributed by atoms with Crippen molar-refractivity contribution in [1.29, 1.82) is 0 Å². The maximum absolute atomic E-state index is 6.21. The Bertz CT molecular complexity index is 384. The largest absolute Gasteiger partial charge is 0.295 e. The van der Waals surface area contributed by atoms with E-state index >= 15 is 0 Å². The molecule has 0 saturated carbocycles. The first-order valence-electron chi connectivity index (χ1n) is 5.94. The second-order valence-corrected chi connectivity index (χ2v) is 6.00. The third-order valence-corrected chi connectivity index (χ3v) is 4.66. The summed E-state index contributed by atoms with van der Waals surface area (Å²) in [6, 6.07) is 6.32. The Labute approximate surface area is 121 Å². The molecule has 1 nitrogen and oxygen atoms in total. The number of rotatable bonds is 3. The minimum Gasteiger partial charge on any atom is -0.295 e. The summed E-state index contributed by atoms with van der Waals surface area (Å²) in [6.07, 6.45) is 3.88. The van der Waals surface area contributed by atoms with E-state index in [0.717, 1.165) is 34.0 Å². The fraction of sp³-hybridized carbons (Fsp3) is 0.538. The molecule has 2 rings (SSSR count). The van der Waals surface area contributed by atoms with E-state index in [0.29, 0.717) is 6.04 Å². The number of halogens is 3. The van der Waals surface area contributed by atoms with Crippen molar-refractivity contribution in [2.75, 3.05) is 11.9 Å². The van der Waals surface area contributed by atoms with E-state index in [2.05, 4.69) is 20.8 Å². The molecule has 4 heteroatoms. The van der Waals surface area contributed by atoms with Crippen LogP contribution < -0.4 is 0 Å². The molecule has 0 bridgehead atoms. The number of benzene rings is 1. The van der Waals surface area contributed by atoms with Gasteiger partial charge in [-0.1, -0.05) is 45.6 Å². The predicted octanol–water partition coefficient (Wildman–Crippen LogP) is 4.74. The van der Waals surface area contributed by atoms with Crippen molar-refractivity contribution in [2.45, 2.75) is 31.8 Å². The minimum atomic E-state index is 0.624. The highest BCUT2D eigenvalue weighted by Crippen LogP contribution is 2.26. The van der Waals surface area contributed by atoms with Gasteiger partial charge in [-0.3, -0.25) is 4.90 Å². The van der Waals surface area contributed by atoms with Gasteiger partial charge in [0.1, 0.15) is 0 Å². The zero-order valence-corrected chi connectivity index (χ0v) is 12.7. The number of nitrogens with zero attached hydrogens (tertiary/aromatic N) is 1. The Hall–Kier alpha value is 0.240. The van der Waals surface area contributed by atoms with Crippen LogP contribution in [-0.4, -0.2) is 22.8 Å². The second kappa shape index (κ2) is 6.42. The number of hydrogen-bond donors (Lipinski definition) is 0. The van der Waals surface area contributed by atoms with Gasteiger partial charge in [-0.05, 0) is 43.1 Å². The van der Waals surface area contributed by atoms with Gasteiger partial charge in [0.25, 0.3) is 0 Å². The molecule has 0 radical (unpaired) electrons. The molecule has 0 aromatic heterocycles. The molecule has 1 aliphatic heterocycles. The molecule has 0 N–H and O–H groups in total. The molecule has 1 atom stereocenters. The van der Waals surface area contributed by atoms with Crippen LogP contribution in [0.2, 0.25) is 10.0 Å². The van der Waals surface area contributed by atoms with Crippen LogP contribution in [0.5, 0.6) is 0 Å². The van der Waals surface area contributed by atoms with Gasteiger partial charge in [0.15, 0.2) is 0 Å². The van der Waals surface area contributed by atoms with Gasteiger partial charge in [-0.25, -0.2) is 0 Å². The highest BCUT2D eigenvalue weighted by Gasteiger charge is 2.21. The summed E-state index contributed by atoms with van der Waals surface area (Å²) < 4.78 is 0. The Morgan fingerprint density at radius 3 is 2.88 bits per heavy atom. The molecule has 1 heterocycles. The van der Waals surface area contributed by atoms with Crippen molar-refractivity contribution in [1.82, 2.24) is 4.90 Å². The van der Waals surface area contributed by atoms with Crippen molar-refractivity contribution in [2.24, 2.45) is 0 Å². The Morgan fingerprint density at radius 1 is 1.29 bits per heavy atom. The lowest BCUT2D eigenvalue weighted by molar-refractivity contribution is 0.157. The monoisotopic (exact) mass is 335 g/mol. The van der Waals surface area contributed by atoms with E-state index in [4.69, 9.17) is 23.2 Å². The molecule has 1 aromatic carbocycles. The van der Waals surface area contributed by atoms with Crippen molar-refractivity contribution in [3.63, 3.8) is 0 Å². The highest BCUT2D eigenvalue weighted by molar-refractivity contribution is 9.09. The fourth-order valence-electron chi connectivity index (χ4n) is 2.33. The number of hydrogen-bond acceptors (Lipinski definition) is 1. The van der Waals surface area contributed by atoms with Crippen molar-refractivity contribution in [3.8, 4) is 0 Å². The molecular weight excluding hydrogens is 321 g/mol. The SMILES string of the molecule is Clc1ccc(Cl)c(CN2CCCCC2CBr)c1. The first-order valence-corrected chi connectivity index (χ1v) is 7.82. The van der Waals surface area contributed by atoms with Crippen LogP contribution in [-0.2, 0) is 6.54 Å². The second-order valence-electron chi connectivity index (χ2n) is 4.51. The summed E-state index contributed by atoms with van der Waals surface area (Å²) in [7, 11) is 0. The minimum absolute atomic E-state index is 0.624. The van der Waals surface area contributed by atoms with E-state index < -0.39 is 0 Å². The van der Waals surface area contributed by atoms with Crippen LogP contribution in [0.4, 0.5) is 0 Å². The van der Waals surface area contributed by atoms with Crippen LogP contribution in [0, 0.1) is 0 Å². The van der Waals surface area contributed by atoms with Crippen LogP contribution >= 0.6 is 39.1 Å². The zero-order valence-electron chi connectivity index (χ0n) is 9.63. The van der Waals surface area contributed by atoms with Gasteiger partial charge in [0.05, 0.1) is 0 Å². The third-order valence-electron chi connectivity index (χ3n) is 3.31. The molecule has 17 heavy (non-hydrogen) atoms. The molecule has 1 aliphatic rings. The van der Waals surface area contributed by atoms with Crippen LogP contribution in [0.15, 0.2) is 18.2 Å². The van der Waals surface area contributed by atoms with Gasteiger partial charge in [0, 0.05) is 28.0 Å². The highest BCUT2D eigenvalue weighted by atomic mass is 79.9. The summed E-state index contributed by atoms with van der Waals surface area (Å²) in [6.45, 7) is 2.05. The summed E-state index contributed by atoms with van der Waals surface area (Å²) in [4.78, 5) is 2.50. The Kier molecular flexibility index (Phi) is 5.16. The summed E-state index contributed by atoms with van der Waals surface area (Å²) in [5, 5.41) is 2.61. The van der Waals surface area contributed by atoms with E-state index in [1.54, 1.807) is 0 Å². The maximum atomic E-state index is 6.21. The normalized spacial score (nSPS) is 21.7. The average molecular weight is 337 g/mol. The molecule has 1 saturated heterocycles. The smallest absolute Gasteiger partial charge is 0.0452 e. The molecule has 1 aromatic rings. The fourth-order valence-corrected chi connectivity index (χ4v) is 3.43. The summed E-state index contributed by atoms with van der Waals surface area (Å²) in [5.41, 5.74) is 1.13. The topological polar surface area (TPSA) is 3.24 Å². The standard InChI is InChI=1S/C13H16BrCl2N/c14-8-12-3-1-2-6-17(12)9-10-7-11(15)4-5-13(10)16/h4-5,7,12H,1-3,6,8-9H2. The Morgan fingerprint density at radius 2 is 2.12 bits per heavy atom. The van der Waals surface area contributed by atoms with E-state index in [9.17, 15) is 0 Å². The van der Waals surface area contributed by atoms with E-state index in [1.807, 2.05) is 18.2 Å². The molecular formula is C13H16BrCl2N. The molecule has 0 amide bonds. The molecule has 1 unspecified atom stereocenters. The van der Waals surface area contributed by atoms with Gasteiger partial charge >= 0.3 is 0 Å². The van der Waals surface area contributed by atoms with Crippen molar-refractivity contribution >= 4 is 39.1 Å². The zero-order chi connectivity index (χ0) is 12.3. The first-order chi connectivity index (χ1) is 8.20. The van der Waals surface area contributed by atoms with Gasteiger partial charge < -0.3 is 0 Å². The third kappa shape index (κ3) is 3.60. The molecule has 1 fully saturated rings. The average Bonchev–Trinajstić information content (AvgIpc) is 2.34. The number of piperidine rings is 1. The maximum Gasteiger partial charge on any atom is 0.0452 e. The number of likely N-dealkylation sites (tertiary alicyclic amines) is 1. The lowest BCUT2D eigenvalue weighted by Crippen LogP contribution is -2.39. The van der Waals surface area contributed by atoms with Gasteiger partial charge in [0.2, 0.25) is 0 Å². The van der Waals surface area contributed by atoms with Crippen LogP contribution in [0.25, 0.3) is 0 Å². The van der Waals surface area contributed by atoms with Gasteiger partial charge in [-0.15, -0.1) is 0 Å². The molecule has 94 valence electrons. The predicted molar refractivity (Wildman–Crippen MR) is 78.3 cm³/mol.